The number of carbonyl (C=O) groups is 2. The van der Waals surface area contributed by atoms with Gasteiger partial charge in [-0.1, -0.05) is 6.07 Å². The molecule has 0 atom stereocenters. The van der Waals surface area contributed by atoms with E-state index in [1.54, 1.807) is 24.3 Å². The summed E-state index contributed by atoms with van der Waals surface area (Å²) in [5.74, 6) is -0.752. The van der Waals surface area contributed by atoms with Gasteiger partial charge < -0.3 is 15.2 Å². The highest BCUT2D eigenvalue weighted by Gasteiger charge is 2.09. The Kier molecular flexibility index (Phi) is 3.99. The van der Waals surface area contributed by atoms with Crippen LogP contribution in [0.5, 0.6) is 5.75 Å². The van der Waals surface area contributed by atoms with Crippen LogP contribution in [0.25, 0.3) is 0 Å². The summed E-state index contributed by atoms with van der Waals surface area (Å²) in [6.45, 7) is -0.0650. The van der Waals surface area contributed by atoms with Crippen LogP contribution < -0.4 is 10.1 Å². The van der Waals surface area contributed by atoms with E-state index in [9.17, 15) is 9.59 Å². The molecule has 0 bridgehead atoms. The first kappa shape index (κ1) is 13.6. The summed E-state index contributed by atoms with van der Waals surface area (Å²) < 4.78 is 6.31. The van der Waals surface area contributed by atoms with Gasteiger partial charge in [-0.05, 0) is 12.1 Å². The summed E-state index contributed by atoms with van der Waals surface area (Å²) in [6.07, 6.45) is 2.49. The molecule has 0 spiro atoms. The Labute approximate surface area is 114 Å². The van der Waals surface area contributed by atoms with Gasteiger partial charge in [0.2, 0.25) is 5.91 Å². The van der Waals surface area contributed by atoms with Gasteiger partial charge in [0.25, 0.3) is 0 Å². The highest BCUT2D eigenvalue weighted by atomic mass is 16.5. The van der Waals surface area contributed by atoms with Gasteiger partial charge in [0.05, 0.1) is 18.9 Å². The van der Waals surface area contributed by atoms with E-state index in [2.05, 4.69) is 10.4 Å². The number of nitrogens with zero attached hydrogens (tertiary/aromatic N) is 2. The Bertz CT molecular complexity index is 636. The van der Waals surface area contributed by atoms with E-state index in [1.165, 1.54) is 24.2 Å². The van der Waals surface area contributed by atoms with Gasteiger partial charge in [-0.25, -0.2) is 4.79 Å². The molecule has 7 nitrogen and oxygen atoms in total. The van der Waals surface area contributed by atoms with Gasteiger partial charge in [-0.3, -0.25) is 9.48 Å². The number of rotatable bonds is 5. The number of hydrogen-bond donors (Lipinski definition) is 2. The second-order valence-electron chi connectivity index (χ2n) is 4.01. The number of amides is 1. The number of benzene rings is 1. The quantitative estimate of drug-likeness (QED) is 0.856. The van der Waals surface area contributed by atoms with E-state index in [-0.39, 0.29) is 18.0 Å². The second-order valence-corrected chi connectivity index (χ2v) is 4.01. The van der Waals surface area contributed by atoms with Crippen molar-refractivity contribution in [3.8, 4) is 5.75 Å². The molecule has 0 aliphatic carbocycles. The first-order valence-electron chi connectivity index (χ1n) is 5.78. The van der Waals surface area contributed by atoms with Crippen LogP contribution in [-0.4, -0.2) is 33.9 Å². The van der Waals surface area contributed by atoms with E-state index in [0.29, 0.717) is 11.4 Å². The number of anilines is 1. The second kappa shape index (κ2) is 5.87. The van der Waals surface area contributed by atoms with E-state index in [0.717, 1.165) is 0 Å². The molecule has 0 radical (unpaired) electrons. The standard InChI is InChI=1S/C13H13N3O4/c1-20-11-4-2-3-10(5-11)15-12(17)8-16-7-9(6-14-16)13(18)19/h2-7H,8H2,1H3,(H,15,17)(H,18,19). The maximum absolute atomic E-state index is 11.8. The summed E-state index contributed by atoms with van der Waals surface area (Å²) >= 11 is 0. The van der Waals surface area contributed by atoms with Crippen molar-refractivity contribution in [1.29, 1.82) is 0 Å². The van der Waals surface area contributed by atoms with Crippen LogP contribution in [-0.2, 0) is 11.3 Å². The number of carboxylic acids is 1. The van der Waals surface area contributed by atoms with Gasteiger partial charge in [-0.2, -0.15) is 5.10 Å². The number of aromatic nitrogens is 2. The molecule has 0 saturated heterocycles. The summed E-state index contributed by atoms with van der Waals surface area (Å²) in [7, 11) is 1.54. The Morgan fingerprint density at radius 3 is 2.90 bits per heavy atom. The molecule has 1 heterocycles. The number of ether oxygens (including phenoxy) is 1. The molecule has 0 aliphatic heterocycles. The van der Waals surface area contributed by atoms with Gasteiger partial charge >= 0.3 is 5.97 Å². The monoisotopic (exact) mass is 275 g/mol. The topological polar surface area (TPSA) is 93.5 Å². The minimum Gasteiger partial charge on any atom is -0.497 e. The normalized spacial score (nSPS) is 10.1. The van der Waals surface area contributed by atoms with E-state index >= 15 is 0 Å². The fourth-order valence-electron chi connectivity index (χ4n) is 1.61. The van der Waals surface area contributed by atoms with Crippen molar-refractivity contribution in [3.63, 3.8) is 0 Å². The fraction of sp³-hybridized carbons (Fsp3) is 0.154. The minimum atomic E-state index is -1.08. The minimum absolute atomic E-state index is 0.0409. The number of carboxylic acid groups (broad SMARTS) is 1. The molecule has 1 amide bonds. The molecule has 104 valence electrons. The molecule has 2 rings (SSSR count). The lowest BCUT2D eigenvalue weighted by atomic mass is 10.3. The van der Waals surface area contributed by atoms with Crippen LogP contribution >= 0.6 is 0 Å². The smallest absolute Gasteiger partial charge is 0.338 e. The summed E-state index contributed by atoms with van der Waals surface area (Å²) in [6, 6.07) is 6.93. The van der Waals surface area contributed by atoms with Crippen LogP contribution in [0.2, 0.25) is 0 Å². The van der Waals surface area contributed by atoms with Crippen molar-refractivity contribution in [3.05, 3.63) is 42.2 Å². The van der Waals surface area contributed by atoms with Gasteiger partial charge in [0.1, 0.15) is 12.3 Å². The SMILES string of the molecule is COc1cccc(NC(=O)Cn2cc(C(=O)O)cn2)c1. The molecule has 0 aliphatic rings. The zero-order valence-corrected chi connectivity index (χ0v) is 10.7. The van der Waals surface area contributed by atoms with Crippen LogP contribution in [0.1, 0.15) is 10.4 Å². The largest absolute Gasteiger partial charge is 0.497 e. The van der Waals surface area contributed by atoms with Crippen LogP contribution in [0.3, 0.4) is 0 Å². The molecule has 1 aromatic heterocycles. The van der Waals surface area contributed by atoms with Crippen LogP contribution in [0.15, 0.2) is 36.7 Å². The average molecular weight is 275 g/mol. The van der Waals surface area contributed by atoms with Crippen molar-refractivity contribution in [2.45, 2.75) is 6.54 Å². The molecular weight excluding hydrogens is 262 g/mol. The molecule has 0 unspecified atom stereocenters. The lowest BCUT2D eigenvalue weighted by Gasteiger charge is -2.06. The number of carbonyl (C=O) groups excluding carboxylic acids is 1. The first-order chi connectivity index (χ1) is 9.58. The Hall–Kier alpha value is -2.83. The molecule has 1 aromatic carbocycles. The molecule has 2 aromatic rings. The summed E-state index contributed by atoms with van der Waals surface area (Å²) in [4.78, 5) is 22.5. The zero-order chi connectivity index (χ0) is 14.5. The maximum atomic E-state index is 11.8. The lowest BCUT2D eigenvalue weighted by molar-refractivity contribution is -0.116. The van der Waals surface area contributed by atoms with Crippen molar-refractivity contribution in [2.75, 3.05) is 12.4 Å². The third-order valence-corrected chi connectivity index (χ3v) is 2.54. The Morgan fingerprint density at radius 2 is 2.25 bits per heavy atom. The first-order valence-corrected chi connectivity index (χ1v) is 5.78. The highest BCUT2D eigenvalue weighted by Crippen LogP contribution is 2.16. The number of hydrogen-bond acceptors (Lipinski definition) is 4. The Balaban J connectivity index is 1.99. The van der Waals surface area contributed by atoms with Crippen LogP contribution in [0.4, 0.5) is 5.69 Å². The van der Waals surface area contributed by atoms with Crippen LogP contribution in [0, 0.1) is 0 Å². The van der Waals surface area contributed by atoms with Crippen molar-refractivity contribution in [2.24, 2.45) is 0 Å². The van der Waals surface area contributed by atoms with Crippen molar-refractivity contribution >= 4 is 17.6 Å². The zero-order valence-electron chi connectivity index (χ0n) is 10.7. The number of aromatic carboxylic acids is 1. The predicted molar refractivity (Wildman–Crippen MR) is 70.8 cm³/mol. The number of nitrogens with one attached hydrogen (secondary N) is 1. The predicted octanol–water partition coefficient (Wildman–Crippen LogP) is 1.23. The molecular formula is C13H13N3O4. The van der Waals surface area contributed by atoms with Gasteiger partial charge in [-0.15, -0.1) is 0 Å². The molecule has 0 saturated carbocycles. The molecule has 20 heavy (non-hydrogen) atoms. The van der Waals surface area contributed by atoms with Crippen molar-refractivity contribution < 1.29 is 19.4 Å². The number of methoxy groups -OCH3 is 1. The fourth-order valence-corrected chi connectivity index (χ4v) is 1.61. The lowest BCUT2D eigenvalue weighted by Crippen LogP contribution is -2.19. The van der Waals surface area contributed by atoms with E-state index < -0.39 is 5.97 Å². The summed E-state index contributed by atoms with van der Waals surface area (Å²) in [5, 5.41) is 15.2. The third kappa shape index (κ3) is 3.35. The van der Waals surface area contributed by atoms with Crippen molar-refractivity contribution in [1.82, 2.24) is 9.78 Å². The van der Waals surface area contributed by atoms with Gasteiger partial charge in [0.15, 0.2) is 0 Å². The summed E-state index contributed by atoms with van der Waals surface area (Å²) in [5.41, 5.74) is 0.638. The average Bonchev–Trinajstić information content (AvgIpc) is 2.87. The highest BCUT2D eigenvalue weighted by molar-refractivity contribution is 5.91. The molecule has 7 heteroatoms. The van der Waals surface area contributed by atoms with E-state index in [4.69, 9.17) is 9.84 Å². The van der Waals surface area contributed by atoms with E-state index in [1.807, 2.05) is 0 Å². The van der Waals surface area contributed by atoms with Gasteiger partial charge in [0, 0.05) is 18.0 Å². The molecule has 0 fully saturated rings. The Morgan fingerprint density at radius 1 is 1.45 bits per heavy atom. The maximum Gasteiger partial charge on any atom is 0.338 e. The molecule has 2 N–H and O–H groups in total. The third-order valence-electron chi connectivity index (χ3n) is 2.54.